The maximum Gasteiger partial charge on any atom is 0.225 e. The summed E-state index contributed by atoms with van der Waals surface area (Å²) >= 11 is 7.74. The number of likely N-dealkylation sites (tertiary alicyclic amines) is 1. The molecule has 5 rings (SSSR count). The summed E-state index contributed by atoms with van der Waals surface area (Å²) in [5, 5.41) is 14.6. The highest BCUT2D eigenvalue weighted by Crippen LogP contribution is 2.40. The van der Waals surface area contributed by atoms with E-state index in [1.807, 2.05) is 29.3 Å². The second-order valence-electron chi connectivity index (χ2n) is 9.06. The molecular formula is C25H28ClN5O2S. The van der Waals surface area contributed by atoms with E-state index in [2.05, 4.69) is 10.3 Å². The molecule has 1 saturated carbocycles. The summed E-state index contributed by atoms with van der Waals surface area (Å²) < 4.78 is 0. The van der Waals surface area contributed by atoms with Crippen molar-refractivity contribution >= 4 is 40.5 Å². The standard InChI is InChI=1S/C25H28ClN5O2S/c26-18-8-11-27-23(14-18)30-22-3-1-2-20(29-22)21-15-28-24(34-21)16-4-6-17(7-5-16)25(33)31-12-9-19(32)10-13-31/h1-3,8,11,14-17,19,32H,4-7,9-10,12-13H2,(H,27,29,30). The van der Waals surface area contributed by atoms with Crippen LogP contribution in [0.3, 0.4) is 0 Å². The molecule has 3 aromatic heterocycles. The van der Waals surface area contributed by atoms with Gasteiger partial charge in [-0.2, -0.15) is 0 Å². The van der Waals surface area contributed by atoms with Gasteiger partial charge in [-0.25, -0.2) is 15.0 Å². The number of nitrogens with zero attached hydrogens (tertiary/aromatic N) is 4. The van der Waals surface area contributed by atoms with E-state index in [-0.39, 0.29) is 17.9 Å². The van der Waals surface area contributed by atoms with Crippen LogP contribution in [-0.2, 0) is 4.79 Å². The van der Waals surface area contributed by atoms with Gasteiger partial charge in [0.2, 0.25) is 5.91 Å². The summed E-state index contributed by atoms with van der Waals surface area (Å²) in [7, 11) is 0. The van der Waals surface area contributed by atoms with Crippen LogP contribution in [0.4, 0.5) is 11.6 Å². The van der Waals surface area contributed by atoms with Crippen LogP contribution < -0.4 is 5.32 Å². The smallest absolute Gasteiger partial charge is 0.225 e. The first-order valence-corrected chi connectivity index (χ1v) is 13.0. The van der Waals surface area contributed by atoms with Crippen LogP contribution in [-0.4, -0.2) is 50.1 Å². The Balaban J connectivity index is 1.20. The first-order chi connectivity index (χ1) is 16.5. The van der Waals surface area contributed by atoms with Crippen molar-refractivity contribution in [2.24, 2.45) is 5.92 Å². The second-order valence-corrected chi connectivity index (χ2v) is 10.6. The number of aliphatic hydroxyl groups excluding tert-OH is 1. The number of nitrogens with one attached hydrogen (secondary N) is 1. The lowest BCUT2D eigenvalue weighted by Gasteiger charge is -2.34. The number of hydrogen-bond acceptors (Lipinski definition) is 7. The van der Waals surface area contributed by atoms with Crippen molar-refractivity contribution in [3.63, 3.8) is 0 Å². The van der Waals surface area contributed by atoms with Crippen molar-refractivity contribution < 1.29 is 9.90 Å². The first kappa shape index (κ1) is 23.2. The van der Waals surface area contributed by atoms with Gasteiger partial charge in [-0.3, -0.25) is 4.79 Å². The average Bonchev–Trinajstić information content (AvgIpc) is 3.35. The molecule has 1 amide bonds. The Morgan fingerprint density at radius 2 is 1.85 bits per heavy atom. The Hall–Kier alpha value is -2.55. The molecule has 9 heteroatoms. The number of rotatable bonds is 5. The van der Waals surface area contributed by atoms with Gasteiger partial charge in [0.25, 0.3) is 0 Å². The number of carbonyl (C=O) groups is 1. The Morgan fingerprint density at radius 1 is 1.06 bits per heavy atom. The van der Waals surface area contributed by atoms with Gasteiger partial charge in [0.05, 0.1) is 21.7 Å². The molecule has 0 atom stereocenters. The molecule has 1 aliphatic heterocycles. The number of hydrogen-bond donors (Lipinski definition) is 2. The van der Waals surface area contributed by atoms with Crippen LogP contribution in [0.25, 0.3) is 10.6 Å². The minimum absolute atomic E-state index is 0.107. The summed E-state index contributed by atoms with van der Waals surface area (Å²) in [6.45, 7) is 1.37. The van der Waals surface area contributed by atoms with E-state index < -0.39 is 0 Å². The topological polar surface area (TPSA) is 91.2 Å². The second kappa shape index (κ2) is 10.4. The zero-order chi connectivity index (χ0) is 23.5. The molecule has 2 fully saturated rings. The predicted octanol–water partition coefficient (Wildman–Crippen LogP) is 5.25. The van der Waals surface area contributed by atoms with Crippen molar-refractivity contribution in [1.29, 1.82) is 0 Å². The number of piperidine rings is 1. The van der Waals surface area contributed by atoms with Crippen LogP contribution in [0.2, 0.25) is 5.02 Å². The third-order valence-electron chi connectivity index (χ3n) is 6.71. The van der Waals surface area contributed by atoms with Gasteiger partial charge < -0.3 is 15.3 Å². The van der Waals surface area contributed by atoms with Crippen LogP contribution in [0.1, 0.15) is 49.5 Å². The highest BCUT2D eigenvalue weighted by Gasteiger charge is 2.32. The maximum atomic E-state index is 12.9. The van der Waals surface area contributed by atoms with Crippen molar-refractivity contribution in [1.82, 2.24) is 19.9 Å². The number of anilines is 2. The molecule has 2 N–H and O–H groups in total. The lowest BCUT2D eigenvalue weighted by molar-refractivity contribution is -0.138. The number of pyridine rings is 2. The fourth-order valence-electron chi connectivity index (χ4n) is 4.77. The van der Waals surface area contributed by atoms with Crippen LogP contribution in [0, 0.1) is 5.92 Å². The fraction of sp³-hybridized carbons (Fsp3) is 0.440. The Labute approximate surface area is 208 Å². The normalized spacial score (nSPS) is 21.4. The predicted molar refractivity (Wildman–Crippen MR) is 134 cm³/mol. The van der Waals surface area contributed by atoms with E-state index >= 15 is 0 Å². The van der Waals surface area contributed by atoms with E-state index in [1.165, 1.54) is 0 Å². The largest absolute Gasteiger partial charge is 0.393 e. The third kappa shape index (κ3) is 5.40. The van der Waals surface area contributed by atoms with Crippen molar-refractivity contribution in [2.45, 2.75) is 50.5 Å². The van der Waals surface area contributed by atoms with E-state index in [9.17, 15) is 9.90 Å². The highest BCUT2D eigenvalue weighted by molar-refractivity contribution is 7.15. The van der Waals surface area contributed by atoms with Crippen LogP contribution in [0.15, 0.2) is 42.7 Å². The molecule has 2 aliphatic rings. The molecule has 178 valence electrons. The monoisotopic (exact) mass is 497 g/mol. The lowest BCUT2D eigenvalue weighted by atomic mass is 9.81. The summed E-state index contributed by atoms with van der Waals surface area (Å²) in [6.07, 6.45) is 8.47. The molecule has 0 bridgehead atoms. The fourth-order valence-corrected chi connectivity index (χ4v) is 5.99. The summed E-state index contributed by atoms with van der Waals surface area (Å²) in [6, 6.07) is 9.34. The SMILES string of the molecule is O=C(C1CCC(c2ncc(-c3cccc(Nc4cc(Cl)ccn4)n3)s2)CC1)N1CCC(O)CC1. The molecule has 34 heavy (non-hydrogen) atoms. The number of aliphatic hydroxyl groups is 1. The molecule has 1 aliphatic carbocycles. The van der Waals surface area contributed by atoms with Gasteiger partial charge in [0.1, 0.15) is 11.6 Å². The van der Waals surface area contributed by atoms with Gasteiger partial charge in [-0.05, 0) is 62.8 Å². The highest BCUT2D eigenvalue weighted by atomic mass is 35.5. The number of carbonyl (C=O) groups excluding carboxylic acids is 1. The van der Waals surface area contributed by atoms with Crippen LogP contribution in [0.5, 0.6) is 0 Å². The maximum absolute atomic E-state index is 12.9. The van der Waals surface area contributed by atoms with E-state index in [1.54, 1.807) is 29.7 Å². The molecule has 3 aromatic rings. The number of aromatic nitrogens is 3. The summed E-state index contributed by atoms with van der Waals surface area (Å²) in [4.78, 5) is 29.6. The number of halogens is 1. The van der Waals surface area contributed by atoms with E-state index in [4.69, 9.17) is 21.6 Å². The minimum Gasteiger partial charge on any atom is -0.393 e. The number of amides is 1. The lowest BCUT2D eigenvalue weighted by Crippen LogP contribution is -2.43. The summed E-state index contributed by atoms with van der Waals surface area (Å²) in [5.41, 5.74) is 0.868. The Morgan fingerprint density at radius 3 is 2.62 bits per heavy atom. The van der Waals surface area contributed by atoms with Crippen molar-refractivity contribution in [2.75, 3.05) is 18.4 Å². The van der Waals surface area contributed by atoms with Crippen LogP contribution >= 0.6 is 22.9 Å². The Bertz CT molecular complexity index is 1140. The third-order valence-corrected chi connectivity index (χ3v) is 8.12. The van der Waals surface area contributed by atoms with Gasteiger partial charge in [-0.15, -0.1) is 11.3 Å². The zero-order valence-electron chi connectivity index (χ0n) is 18.9. The molecule has 0 aromatic carbocycles. The van der Waals surface area contributed by atoms with Crippen molar-refractivity contribution in [3.05, 3.63) is 52.8 Å². The van der Waals surface area contributed by atoms with Crippen molar-refractivity contribution in [3.8, 4) is 10.6 Å². The van der Waals surface area contributed by atoms with Gasteiger partial charge in [0, 0.05) is 42.3 Å². The van der Waals surface area contributed by atoms with E-state index in [0.29, 0.717) is 48.5 Å². The van der Waals surface area contributed by atoms with Gasteiger partial charge in [-0.1, -0.05) is 17.7 Å². The molecule has 0 unspecified atom stereocenters. The molecule has 1 saturated heterocycles. The molecule has 7 nitrogen and oxygen atoms in total. The molecule has 4 heterocycles. The van der Waals surface area contributed by atoms with E-state index in [0.717, 1.165) is 41.3 Å². The Kier molecular flexibility index (Phi) is 7.08. The number of thiazole rings is 1. The first-order valence-electron chi connectivity index (χ1n) is 11.8. The van der Waals surface area contributed by atoms with Gasteiger partial charge >= 0.3 is 0 Å². The summed E-state index contributed by atoms with van der Waals surface area (Å²) in [5.74, 6) is 2.12. The minimum atomic E-state index is -0.252. The molecule has 0 spiro atoms. The molecule has 0 radical (unpaired) electrons. The van der Waals surface area contributed by atoms with Gasteiger partial charge in [0.15, 0.2) is 0 Å². The molecular weight excluding hydrogens is 470 g/mol. The average molecular weight is 498 g/mol. The quantitative estimate of drug-likeness (QED) is 0.500. The zero-order valence-corrected chi connectivity index (χ0v) is 20.4.